The summed E-state index contributed by atoms with van der Waals surface area (Å²) in [6.45, 7) is 1.68. The Balaban J connectivity index is 1.94. The summed E-state index contributed by atoms with van der Waals surface area (Å²) < 4.78 is 15.2. The number of likely N-dealkylation sites (tertiary alicyclic amines) is 1. The highest BCUT2D eigenvalue weighted by Gasteiger charge is 2.26. The SMILES string of the molecule is CN(C)C(c1ccc(F)cc1)c1ccc(C(=O)N2CCCC2)n1C. The number of nitrogens with zero attached hydrogens (tertiary/aromatic N) is 3. The van der Waals surface area contributed by atoms with E-state index >= 15 is 0 Å². The molecule has 128 valence electrons. The van der Waals surface area contributed by atoms with Crippen LogP contribution in [-0.4, -0.2) is 47.5 Å². The second-order valence-electron chi connectivity index (χ2n) is 6.62. The maximum absolute atomic E-state index is 13.2. The lowest BCUT2D eigenvalue weighted by Gasteiger charge is -2.26. The molecule has 0 N–H and O–H groups in total. The fourth-order valence-corrected chi connectivity index (χ4v) is 3.48. The van der Waals surface area contributed by atoms with Crippen LogP contribution in [0.25, 0.3) is 0 Å². The molecule has 0 radical (unpaired) electrons. The highest BCUT2D eigenvalue weighted by molar-refractivity contribution is 5.93. The molecule has 2 heterocycles. The molecule has 1 fully saturated rings. The highest BCUT2D eigenvalue weighted by Crippen LogP contribution is 2.28. The van der Waals surface area contributed by atoms with Crippen molar-refractivity contribution >= 4 is 5.91 Å². The Morgan fingerprint density at radius 1 is 1.08 bits per heavy atom. The van der Waals surface area contributed by atoms with Crippen molar-refractivity contribution in [3.8, 4) is 0 Å². The molecular weight excluding hydrogens is 305 g/mol. The first kappa shape index (κ1) is 16.7. The van der Waals surface area contributed by atoms with Gasteiger partial charge in [-0.05, 0) is 56.8 Å². The number of hydrogen-bond acceptors (Lipinski definition) is 2. The van der Waals surface area contributed by atoms with Gasteiger partial charge in [0.25, 0.3) is 5.91 Å². The average Bonchev–Trinajstić information content (AvgIpc) is 3.20. The molecule has 24 heavy (non-hydrogen) atoms. The topological polar surface area (TPSA) is 28.5 Å². The van der Waals surface area contributed by atoms with Crippen LogP contribution < -0.4 is 0 Å². The van der Waals surface area contributed by atoms with E-state index in [1.54, 1.807) is 12.1 Å². The van der Waals surface area contributed by atoms with Gasteiger partial charge in [0, 0.05) is 25.8 Å². The van der Waals surface area contributed by atoms with Crippen LogP contribution >= 0.6 is 0 Å². The molecule has 0 bridgehead atoms. The van der Waals surface area contributed by atoms with Crippen molar-refractivity contribution in [3.05, 3.63) is 59.2 Å². The normalized spacial score (nSPS) is 16.0. The fourth-order valence-electron chi connectivity index (χ4n) is 3.48. The van der Waals surface area contributed by atoms with E-state index in [0.29, 0.717) is 5.69 Å². The van der Waals surface area contributed by atoms with Gasteiger partial charge in [-0.25, -0.2) is 4.39 Å². The molecule has 3 rings (SSSR count). The Labute approximate surface area is 142 Å². The second-order valence-corrected chi connectivity index (χ2v) is 6.62. The fraction of sp³-hybridized carbons (Fsp3) is 0.421. The summed E-state index contributed by atoms with van der Waals surface area (Å²) in [6.07, 6.45) is 2.16. The van der Waals surface area contributed by atoms with Crippen molar-refractivity contribution in [2.24, 2.45) is 7.05 Å². The van der Waals surface area contributed by atoms with Gasteiger partial charge in [-0.1, -0.05) is 12.1 Å². The molecule has 0 aliphatic carbocycles. The third kappa shape index (κ3) is 3.08. The van der Waals surface area contributed by atoms with Gasteiger partial charge in [0.15, 0.2) is 0 Å². The van der Waals surface area contributed by atoms with Crippen LogP contribution in [0, 0.1) is 5.82 Å². The number of rotatable bonds is 4. The van der Waals surface area contributed by atoms with Gasteiger partial charge in [-0.15, -0.1) is 0 Å². The molecule has 2 aromatic rings. The van der Waals surface area contributed by atoms with Crippen LogP contribution in [-0.2, 0) is 7.05 Å². The zero-order valence-electron chi connectivity index (χ0n) is 14.5. The zero-order chi connectivity index (χ0) is 17.3. The Kier molecular flexibility index (Phi) is 4.71. The molecule has 1 amide bonds. The molecule has 1 atom stereocenters. The van der Waals surface area contributed by atoms with Crippen LogP contribution in [0.15, 0.2) is 36.4 Å². The van der Waals surface area contributed by atoms with E-state index in [0.717, 1.165) is 37.2 Å². The van der Waals surface area contributed by atoms with Gasteiger partial charge in [0.2, 0.25) is 0 Å². The molecule has 5 heteroatoms. The molecule has 1 aliphatic heterocycles. The van der Waals surface area contributed by atoms with E-state index in [1.165, 1.54) is 12.1 Å². The van der Waals surface area contributed by atoms with Crippen LogP contribution in [0.1, 0.15) is 40.6 Å². The predicted molar refractivity (Wildman–Crippen MR) is 92.5 cm³/mol. The maximum atomic E-state index is 13.2. The molecule has 1 unspecified atom stereocenters. The largest absolute Gasteiger partial charge is 0.342 e. The van der Waals surface area contributed by atoms with Gasteiger partial charge >= 0.3 is 0 Å². The Bertz CT molecular complexity index is 715. The molecule has 0 saturated carbocycles. The number of benzene rings is 1. The van der Waals surface area contributed by atoms with E-state index in [2.05, 4.69) is 4.90 Å². The summed E-state index contributed by atoms with van der Waals surface area (Å²) in [7, 11) is 5.91. The molecule has 0 spiro atoms. The van der Waals surface area contributed by atoms with Crippen molar-refractivity contribution in [3.63, 3.8) is 0 Å². The number of carbonyl (C=O) groups is 1. The van der Waals surface area contributed by atoms with Gasteiger partial charge in [0.05, 0.1) is 6.04 Å². The van der Waals surface area contributed by atoms with Gasteiger partial charge < -0.3 is 9.47 Å². The third-order valence-electron chi connectivity index (χ3n) is 4.76. The Morgan fingerprint density at radius 3 is 2.29 bits per heavy atom. The molecule has 4 nitrogen and oxygen atoms in total. The van der Waals surface area contributed by atoms with E-state index in [-0.39, 0.29) is 17.8 Å². The maximum Gasteiger partial charge on any atom is 0.270 e. The summed E-state index contributed by atoms with van der Waals surface area (Å²) in [5, 5.41) is 0. The van der Waals surface area contributed by atoms with Gasteiger partial charge in [-0.3, -0.25) is 9.69 Å². The quantitative estimate of drug-likeness (QED) is 0.862. The third-order valence-corrected chi connectivity index (χ3v) is 4.76. The van der Waals surface area contributed by atoms with E-state index < -0.39 is 0 Å². The predicted octanol–water partition coefficient (Wildman–Crippen LogP) is 3.05. The molecule has 1 aromatic carbocycles. The number of halogens is 1. The minimum atomic E-state index is -0.243. The first-order valence-electron chi connectivity index (χ1n) is 8.36. The summed E-state index contributed by atoms with van der Waals surface area (Å²) in [5.41, 5.74) is 2.73. The second kappa shape index (κ2) is 6.77. The van der Waals surface area contributed by atoms with Crippen LogP contribution in [0.3, 0.4) is 0 Å². The lowest BCUT2D eigenvalue weighted by atomic mass is 10.0. The van der Waals surface area contributed by atoms with E-state index in [9.17, 15) is 9.18 Å². The summed E-state index contributed by atoms with van der Waals surface area (Å²) >= 11 is 0. The van der Waals surface area contributed by atoms with E-state index in [4.69, 9.17) is 0 Å². The van der Waals surface area contributed by atoms with Crippen LogP contribution in [0.2, 0.25) is 0 Å². The smallest absolute Gasteiger partial charge is 0.270 e. The minimum Gasteiger partial charge on any atom is -0.342 e. The van der Waals surface area contributed by atoms with Crippen LogP contribution in [0.4, 0.5) is 4.39 Å². The van der Waals surface area contributed by atoms with Crippen molar-refractivity contribution in [1.29, 1.82) is 0 Å². The van der Waals surface area contributed by atoms with Gasteiger partial charge in [0.1, 0.15) is 11.5 Å². The summed E-state index contributed by atoms with van der Waals surface area (Å²) in [6, 6.07) is 10.4. The lowest BCUT2D eigenvalue weighted by Crippen LogP contribution is -2.30. The lowest BCUT2D eigenvalue weighted by molar-refractivity contribution is 0.0782. The van der Waals surface area contributed by atoms with Crippen molar-refractivity contribution in [1.82, 2.24) is 14.4 Å². The standard InChI is InChI=1S/C19H24FN3O/c1-21(2)18(14-6-8-15(20)9-7-14)16-10-11-17(22(16)3)19(24)23-12-4-5-13-23/h6-11,18H,4-5,12-13H2,1-3H3. The first-order valence-corrected chi connectivity index (χ1v) is 8.36. The van der Waals surface area contributed by atoms with Crippen molar-refractivity contribution < 1.29 is 9.18 Å². The molecular formula is C19H24FN3O. The Hall–Kier alpha value is -2.14. The molecule has 1 aliphatic rings. The monoisotopic (exact) mass is 329 g/mol. The van der Waals surface area contributed by atoms with Crippen molar-refractivity contribution in [2.45, 2.75) is 18.9 Å². The zero-order valence-corrected chi connectivity index (χ0v) is 14.5. The van der Waals surface area contributed by atoms with E-state index in [1.807, 2.05) is 42.7 Å². The molecule has 1 saturated heterocycles. The Morgan fingerprint density at radius 2 is 1.71 bits per heavy atom. The summed E-state index contributed by atoms with van der Waals surface area (Å²) in [5.74, 6) is -0.147. The minimum absolute atomic E-state index is 0.0317. The molecule has 1 aromatic heterocycles. The number of amides is 1. The highest BCUT2D eigenvalue weighted by atomic mass is 19.1. The number of hydrogen-bond donors (Lipinski definition) is 0. The number of carbonyl (C=O) groups excluding carboxylic acids is 1. The first-order chi connectivity index (χ1) is 11.5. The van der Waals surface area contributed by atoms with Crippen molar-refractivity contribution in [2.75, 3.05) is 27.2 Å². The van der Waals surface area contributed by atoms with Gasteiger partial charge in [-0.2, -0.15) is 0 Å². The average molecular weight is 329 g/mol. The van der Waals surface area contributed by atoms with Crippen LogP contribution in [0.5, 0.6) is 0 Å². The number of aromatic nitrogens is 1. The summed E-state index contributed by atoms with van der Waals surface area (Å²) in [4.78, 5) is 16.7.